The van der Waals surface area contributed by atoms with E-state index in [9.17, 15) is 18.0 Å². The Labute approximate surface area is 193 Å². The van der Waals surface area contributed by atoms with E-state index in [1.54, 1.807) is 69.3 Å². The number of fused-ring (bicyclic) bond motifs is 1. The predicted molar refractivity (Wildman–Crippen MR) is 125 cm³/mol. The van der Waals surface area contributed by atoms with Crippen LogP contribution in [-0.2, 0) is 30.7 Å². The molecule has 1 N–H and O–H groups in total. The van der Waals surface area contributed by atoms with Gasteiger partial charge in [0.15, 0.2) is 0 Å². The van der Waals surface area contributed by atoms with E-state index in [1.807, 2.05) is 6.92 Å². The molecule has 2 aromatic carbocycles. The molecule has 0 radical (unpaired) electrons. The summed E-state index contributed by atoms with van der Waals surface area (Å²) in [6, 6.07) is 12.5. The fourth-order valence-electron chi connectivity index (χ4n) is 3.41. The van der Waals surface area contributed by atoms with E-state index in [-0.39, 0.29) is 11.3 Å². The molecule has 3 aromatic rings. The summed E-state index contributed by atoms with van der Waals surface area (Å²) in [5, 5.41) is 3.18. The zero-order valence-electron chi connectivity index (χ0n) is 19.3. The SMILES string of the molecule is COC(=O)[C@H](Cc1cn(S(=O)(=O)c2ccc(C)cc2)c2ccccc12)NC(=O)OC(C)(C)C. The van der Waals surface area contributed by atoms with E-state index in [4.69, 9.17) is 9.47 Å². The third kappa shape index (κ3) is 5.54. The molecule has 3 rings (SSSR count). The first-order valence-corrected chi connectivity index (χ1v) is 11.8. The second-order valence-electron chi connectivity index (χ2n) is 8.71. The maximum Gasteiger partial charge on any atom is 0.408 e. The van der Waals surface area contributed by atoms with Crippen LogP contribution in [0.1, 0.15) is 31.9 Å². The minimum atomic E-state index is -3.88. The third-order valence-corrected chi connectivity index (χ3v) is 6.63. The molecular formula is C24H28N2O6S. The van der Waals surface area contributed by atoms with Crippen LogP contribution in [0.3, 0.4) is 0 Å². The number of carbonyl (C=O) groups excluding carboxylic acids is 2. The summed E-state index contributed by atoms with van der Waals surface area (Å²) in [4.78, 5) is 24.8. The molecule has 33 heavy (non-hydrogen) atoms. The molecule has 9 heteroatoms. The lowest BCUT2D eigenvalue weighted by atomic mass is 10.1. The van der Waals surface area contributed by atoms with E-state index in [1.165, 1.54) is 17.3 Å². The number of nitrogens with zero attached hydrogens (tertiary/aromatic N) is 1. The molecular weight excluding hydrogens is 444 g/mol. The quantitative estimate of drug-likeness (QED) is 0.548. The summed E-state index contributed by atoms with van der Waals surface area (Å²) in [6.07, 6.45) is 0.726. The van der Waals surface area contributed by atoms with Crippen molar-refractivity contribution < 1.29 is 27.5 Å². The van der Waals surface area contributed by atoms with Gasteiger partial charge in [-0.15, -0.1) is 0 Å². The highest BCUT2D eigenvalue weighted by molar-refractivity contribution is 7.90. The lowest BCUT2D eigenvalue weighted by molar-refractivity contribution is -0.143. The smallest absolute Gasteiger partial charge is 0.408 e. The highest BCUT2D eigenvalue weighted by Gasteiger charge is 2.28. The Balaban J connectivity index is 2.02. The molecule has 0 saturated carbocycles. The van der Waals surface area contributed by atoms with Crippen molar-refractivity contribution in [1.82, 2.24) is 9.29 Å². The number of ether oxygens (including phenoxy) is 2. The van der Waals surface area contributed by atoms with Gasteiger partial charge in [-0.2, -0.15) is 0 Å². The average molecular weight is 473 g/mol. The molecule has 176 valence electrons. The van der Waals surface area contributed by atoms with Gasteiger partial charge in [-0.3, -0.25) is 0 Å². The van der Waals surface area contributed by atoms with Crippen molar-refractivity contribution in [3.8, 4) is 0 Å². The summed E-state index contributed by atoms with van der Waals surface area (Å²) >= 11 is 0. The van der Waals surface area contributed by atoms with Crippen LogP contribution < -0.4 is 5.32 Å². The number of para-hydroxylation sites is 1. The van der Waals surface area contributed by atoms with Crippen LogP contribution in [0.2, 0.25) is 0 Å². The summed E-state index contributed by atoms with van der Waals surface area (Å²) < 4.78 is 38.0. The number of nitrogens with one attached hydrogen (secondary N) is 1. The molecule has 0 fully saturated rings. The number of esters is 1. The van der Waals surface area contributed by atoms with Crippen LogP contribution in [0.15, 0.2) is 59.6 Å². The van der Waals surface area contributed by atoms with Gasteiger partial charge in [0.25, 0.3) is 10.0 Å². The van der Waals surface area contributed by atoms with Crippen molar-refractivity contribution in [1.29, 1.82) is 0 Å². The average Bonchev–Trinajstić information content (AvgIpc) is 3.11. The zero-order valence-corrected chi connectivity index (χ0v) is 20.1. The summed E-state index contributed by atoms with van der Waals surface area (Å²) in [5.74, 6) is -0.668. The Kier molecular flexibility index (Phi) is 6.83. The van der Waals surface area contributed by atoms with Gasteiger partial charge >= 0.3 is 12.1 Å². The zero-order chi connectivity index (χ0) is 24.4. The molecule has 0 aliphatic carbocycles. The van der Waals surface area contributed by atoms with Gasteiger partial charge in [-0.1, -0.05) is 35.9 Å². The van der Waals surface area contributed by atoms with Crippen molar-refractivity contribution in [3.05, 3.63) is 65.9 Å². The minimum absolute atomic E-state index is 0.0167. The second kappa shape index (κ2) is 9.27. The topological polar surface area (TPSA) is 104 Å². The Hall–Kier alpha value is -3.33. The van der Waals surface area contributed by atoms with E-state index in [0.29, 0.717) is 16.5 Å². The fourth-order valence-corrected chi connectivity index (χ4v) is 4.80. The van der Waals surface area contributed by atoms with Crippen molar-refractivity contribution in [2.24, 2.45) is 0 Å². The maximum absolute atomic E-state index is 13.4. The highest BCUT2D eigenvalue weighted by atomic mass is 32.2. The number of benzene rings is 2. The largest absolute Gasteiger partial charge is 0.467 e. The van der Waals surface area contributed by atoms with E-state index >= 15 is 0 Å². The molecule has 0 unspecified atom stereocenters. The second-order valence-corrected chi connectivity index (χ2v) is 10.5. The van der Waals surface area contributed by atoms with Crippen molar-refractivity contribution in [2.75, 3.05) is 7.11 Å². The van der Waals surface area contributed by atoms with E-state index in [0.717, 1.165) is 5.56 Å². The Bertz CT molecular complexity index is 1270. The van der Waals surface area contributed by atoms with Gasteiger partial charge in [0.2, 0.25) is 0 Å². The van der Waals surface area contributed by atoms with Crippen LogP contribution in [0.25, 0.3) is 10.9 Å². The van der Waals surface area contributed by atoms with Crippen LogP contribution in [0, 0.1) is 6.92 Å². The standard InChI is InChI=1S/C24H28N2O6S/c1-16-10-12-18(13-11-16)33(29,30)26-15-17(19-8-6-7-9-21(19)26)14-20(22(27)31-5)25-23(28)32-24(2,3)4/h6-13,15,20H,14H2,1-5H3,(H,25,28)/t20-/m0/s1. The molecule has 0 spiro atoms. The van der Waals surface area contributed by atoms with Gasteiger partial charge < -0.3 is 14.8 Å². The molecule has 1 amide bonds. The number of hydrogen-bond donors (Lipinski definition) is 1. The first kappa shape index (κ1) is 24.3. The molecule has 0 aliphatic heterocycles. The first-order chi connectivity index (χ1) is 15.4. The molecule has 1 heterocycles. The highest BCUT2D eigenvalue weighted by Crippen LogP contribution is 2.27. The summed E-state index contributed by atoms with van der Waals surface area (Å²) in [6.45, 7) is 7.01. The number of aryl methyl sites for hydroxylation is 1. The number of aromatic nitrogens is 1. The van der Waals surface area contributed by atoms with Gasteiger partial charge in [-0.05, 0) is 51.5 Å². The fraction of sp³-hybridized carbons (Fsp3) is 0.333. The van der Waals surface area contributed by atoms with Gasteiger partial charge in [0, 0.05) is 18.0 Å². The van der Waals surface area contributed by atoms with Crippen molar-refractivity contribution in [2.45, 2.75) is 50.7 Å². The number of hydrogen-bond acceptors (Lipinski definition) is 6. The van der Waals surface area contributed by atoms with E-state index in [2.05, 4.69) is 5.32 Å². The number of alkyl carbamates (subject to hydrolysis) is 1. The number of rotatable bonds is 6. The molecule has 0 saturated heterocycles. The lowest BCUT2D eigenvalue weighted by Gasteiger charge is -2.22. The van der Waals surface area contributed by atoms with Crippen molar-refractivity contribution in [3.63, 3.8) is 0 Å². The maximum atomic E-state index is 13.4. The van der Waals surface area contributed by atoms with Crippen LogP contribution >= 0.6 is 0 Å². The number of amides is 1. The lowest BCUT2D eigenvalue weighted by Crippen LogP contribution is -2.45. The minimum Gasteiger partial charge on any atom is -0.467 e. The summed E-state index contributed by atoms with van der Waals surface area (Å²) in [7, 11) is -2.66. The molecule has 0 aliphatic rings. The molecule has 1 aromatic heterocycles. The number of carbonyl (C=O) groups is 2. The number of methoxy groups -OCH3 is 1. The first-order valence-electron chi connectivity index (χ1n) is 10.4. The third-order valence-electron chi connectivity index (χ3n) is 4.94. The van der Waals surface area contributed by atoms with Crippen LogP contribution in [-0.4, -0.2) is 43.2 Å². The van der Waals surface area contributed by atoms with Gasteiger partial charge in [0.05, 0.1) is 17.5 Å². The predicted octanol–water partition coefficient (Wildman–Crippen LogP) is 3.80. The molecule has 0 bridgehead atoms. The van der Waals surface area contributed by atoms with Crippen LogP contribution in [0.5, 0.6) is 0 Å². The van der Waals surface area contributed by atoms with E-state index < -0.39 is 33.7 Å². The molecule has 8 nitrogen and oxygen atoms in total. The van der Waals surface area contributed by atoms with Gasteiger partial charge in [0.1, 0.15) is 11.6 Å². The van der Waals surface area contributed by atoms with Crippen LogP contribution in [0.4, 0.5) is 4.79 Å². The Morgan fingerprint density at radius 2 is 1.70 bits per heavy atom. The Morgan fingerprint density at radius 1 is 1.06 bits per heavy atom. The summed E-state index contributed by atoms with van der Waals surface area (Å²) in [5.41, 5.74) is 1.23. The Morgan fingerprint density at radius 3 is 2.30 bits per heavy atom. The van der Waals surface area contributed by atoms with Crippen molar-refractivity contribution >= 4 is 33.0 Å². The molecule has 1 atom stereocenters. The normalized spacial score (nSPS) is 12.9. The monoisotopic (exact) mass is 472 g/mol. The van der Waals surface area contributed by atoms with Gasteiger partial charge in [-0.25, -0.2) is 22.0 Å².